The van der Waals surface area contributed by atoms with Gasteiger partial charge in [0.15, 0.2) is 0 Å². The molecule has 0 N–H and O–H groups in total. The second-order valence-electron chi connectivity index (χ2n) is 5.12. The number of hydrogen-bond acceptors (Lipinski definition) is 4. The summed E-state index contributed by atoms with van der Waals surface area (Å²) in [6.07, 6.45) is 2.22. The summed E-state index contributed by atoms with van der Waals surface area (Å²) in [6.45, 7) is 2.92. The molecule has 0 aliphatic rings. The second-order valence-corrected chi connectivity index (χ2v) is 6.95. The molecule has 5 heteroatoms. The molecule has 1 heterocycles. The average molecular weight is 389 g/mol. The van der Waals surface area contributed by atoms with Gasteiger partial charge in [-0.3, -0.25) is 0 Å². The Kier molecular flexibility index (Phi) is 5.41. The zero-order valence-electron chi connectivity index (χ0n) is 12.8. The van der Waals surface area contributed by atoms with E-state index in [-0.39, 0.29) is 0 Å². The fourth-order valence-corrected chi connectivity index (χ4v) is 3.60. The summed E-state index contributed by atoms with van der Waals surface area (Å²) < 4.78 is 6.72. The lowest BCUT2D eigenvalue weighted by Gasteiger charge is -2.05. The molecule has 0 aliphatic carbocycles. The number of ether oxygens (including phenoxy) is 1. The maximum atomic E-state index is 5.69. The molecule has 0 aliphatic heterocycles. The molecule has 0 atom stereocenters. The van der Waals surface area contributed by atoms with Gasteiger partial charge < -0.3 is 4.74 Å². The fraction of sp³-hybridized carbons (Fsp3) is 0.222. The van der Waals surface area contributed by atoms with Crippen molar-refractivity contribution in [2.45, 2.75) is 19.8 Å². The lowest BCUT2D eigenvalue weighted by atomic mass is 10.2. The minimum Gasteiger partial charge on any atom is -0.494 e. The first-order chi connectivity index (χ1) is 11.3. The standard InChI is InChI=1S/C18H17BrN2OS/c1-2-3-12-22-14-10-8-13(9-11-14)17-20-21-18(23-17)15-6-4-5-7-16(15)19/h4-11H,2-3,12H2,1H3. The average Bonchev–Trinajstić information content (AvgIpc) is 3.06. The fourth-order valence-electron chi connectivity index (χ4n) is 2.11. The van der Waals surface area contributed by atoms with E-state index >= 15 is 0 Å². The van der Waals surface area contributed by atoms with Gasteiger partial charge in [-0.15, -0.1) is 10.2 Å². The van der Waals surface area contributed by atoms with Crippen LogP contribution in [0.5, 0.6) is 5.75 Å². The van der Waals surface area contributed by atoms with Crippen molar-refractivity contribution < 1.29 is 4.74 Å². The van der Waals surface area contributed by atoms with Crippen LogP contribution in [0.4, 0.5) is 0 Å². The first-order valence-electron chi connectivity index (χ1n) is 7.59. The van der Waals surface area contributed by atoms with E-state index < -0.39 is 0 Å². The van der Waals surface area contributed by atoms with E-state index in [1.165, 1.54) is 0 Å². The quantitative estimate of drug-likeness (QED) is 0.499. The summed E-state index contributed by atoms with van der Waals surface area (Å²) >= 11 is 5.15. The smallest absolute Gasteiger partial charge is 0.149 e. The molecule has 0 spiro atoms. The van der Waals surface area contributed by atoms with Crippen molar-refractivity contribution in [3.8, 4) is 26.9 Å². The largest absolute Gasteiger partial charge is 0.494 e. The van der Waals surface area contributed by atoms with Crippen LogP contribution in [0.25, 0.3) is 21.1 Å². The molecule has 1 aromatic heterocycles. The summed E-state index contributed by atoms with van der Waals surface area (Å²) in [5.41, 5.74) is 2.12. The predicted molar refractivity (Wildman–Crippen MR) is 98.9 cm³/mol. The van der Waals surface area contributed by atoms with Crippen molar-refractivity contribution in [1.29, 1.82) is 0 Å². The number of unbranched alkanes of at least 4 members (excludes halogenated alkanes) is 1. The van der Waals surface area contributed by atoms with Gasteiger partial charge >= 0.3 is 0 Å². The Morgan fingerprint density at radius 1 is 1.00 bits per heavy atom. The van der Waals surface area contributed by atoms with Crippen molar-refractivity contribution in [2.24, 2.45) is 0 Å². The van der Waals surface area contributed by atoms with E-state index in [0.29, 0.717) is 0 Å². The monoisotopic (exact) mass is 388 g/mol. The molecule has 0 saturated carbocycles. The highest BCUT2D eigenvalue weighted by Crippen LogP contribution is 2.34. The van der Waals surface area contributed by atoms with Gasteiger partial charge in [-0.25, -0.2) is 0 Å². The number of hydrogen-bond donors (Lipinski definition) is 0. The third-order valence-corrected chi connectivity index (χ3v) is 5.09. The molecule has 118 valence electrons. The van der Waals surface area contributed by atoms with E-state index in [1.54, 1.807) is 11.3 Å². The SMILES string of the molecule is CCCCOc1ccc(-c2nnc(-c3ccccc3Br)s2)cc1. The summed E-state index contributed by atoms with van der Waals surface area (Å²) in [6, 6.07) is 16.1. The highest BCUT2D eigenvalue weighted by Gasteiger charge is 2.10. The maximum Gasteiger partial charge on any atom is 0.149 e. The number of aromatic nitrogens is 2. The van der Waals surface area contributed by atoms with Crippen LogP contribution in [0.15, 0.2) is 53.0 Å². The molecule has 3 nitrogen and oxygen atoms in total. The molecule has 0 bridgehead atoms. The summed E-state index contributed by atoms with van der Waals surface area (Å²) in [7, 11) is 0. The van der Waals surface area contributed by atoms with Crippen LogP contribution in [0.1, 0.15) is 19.8 Å². The van der Waals surface area contributed by atoms with E-state index in [0.717, 1.165) is 50.8 Å². The number of rotatable bonds is 6. The molecule has 0 radical (unpaired) electrons. The van der Waals surface area contributed by atoms with Crippen molar-refractivity contribution in [3.63, 3.8) is 0 Å². The zero-order chi connectivity index (χ0) is 16.1. The summed E-state index contributed by atoms with van der Waals surface area (Å²) in [4.78, 5) is 0. The lowest BCUT2D eigenvalue weighted by Crippen LogP contribution is -1.95. The molecule has 3 aromatic rings. The number of halogens is 1. The van der Waals surface area contributed by atoms with Crippen molar-refractivity contribution in [2.75, 3.05) is 6.61 Å². The molecule has 0 saturated heterocycles. The van der Waals surface area contributed by atoms with Crippen LogP contribution in [0, 0.1) is 0 Å². The first kappa shape index (κ1) is 16.1. The minimum atomic E-state index is 0.765. The normalized spacial score (nSPS) is 10.7. The van der Waals surface area contributed by atoms with E-state index in [2.05, 4.69) is 33.1 Å². The Morgan fingerprint density at radius 3 is 2.48 bits per heavy atom. The third kappa shape index (κ3) is 3.98. The Hall–Kier alpha value is -1.72. The molecule has 0 amide bonds. The Balaban J connectivity index is 1.77. The minimum absolute atomic E-state index is 0.765. The van der Waals surface area contributed by atoms with Gasteiger partial charge in [-0.2, -0.15) is 0 Å². The van der Waals surface area contributed by atoms with Gasteiger partial charge in [-0.05, 0) is 36.8 Å². The Bertz CT molecular complexity index is 771. The number of nitrogens with zero attached hydrogens (tertiary/aromatic N) is 2. The van der Waals surface area contributed by atoms with Gasteiger partial charge in [0.2, 0.25) is 0 Å². The summed E-state index contributed by atoms with van der Waals surface area (Å²) in [5.74, 6) is 0.901. The van der Waals surface area contributed by atoms with Crippen LogP contribution < -0.4 is 4.74 Å². The van der Waals surface area contributed by atoms with Crippen molar-refractivity contribution >= 4 is 27.3 Å². The van der Waals surface area contributed by atoms with Crippen molar-refractivity contribution in [1.82, 2.24) is 10.2 Å². The van der Waals surface area contributed by atoms with Crippen LogP contribution in [0.3, 0.4) is 0 Å². The van der Waals surface area contributed by atoms with Crippen LogP contribution in [-0.4, -0.2) is 16.8 Å². The molecular formula is C18H17BrN2OS. The van der Waals surface area contributed by atoms with Crippen LogP contribution in [-0.2, 0) is 0 Å². The topological polar surface area (TPSA) is 35.0 Å². The molecular weight excluding hydrogens is 372 g/mol. The zero-order valence-corrected chi connectivity index (χ0v) is 15.2. The van der Waals surface area contributed by atoms with E-state index in [4.69, 9.17) is 4.74 Å². The van der Waals surface area contributed by atoms with Gasteiger partial charge in [0.05, 0.1) is 6.61 Å². The predicted octanol–water partition coefficient (Wildman–Crippen LogP) is 5.81. The van der Waals surface area contributed by atoms with Gasteiger partial charge in [0, 0.05) is 15.6 Å². The van der Waals surface area contributed by atoms with Crippen molar-refractivity contribution in [3.05, 3.63) is 53.0 Å². The van der Waals surface area contributed by atoms with E-state index in [9.17, 15) is 0 Å². The molecule has 2 aromatic carbocycles. The highest BCUT2D eigenvalue weighted by molar-refractivity contribution is 9.10. The Labute approximate surface area is 148 Å². The van der Waals surface area contributed by atoms with E-state index in [1.807, 2.05) is 48.5 Å². The first-order valence-corrected chi connectivity index (χ1v) is 9.20. The van der Waals surface area contributed by atoms with Gasteiger partial charge in [-0.1, -0.05) is 58.8 Å². The van der Waals surface area contributed by atoms with Gasteiger partial charge in [0.25, 0.3) is 0 Å². The van der Waals surface area contributed by atoms with Crippen LogP contribution in [0.2, 0.25) is 0 Å². The highest BCUT2D eigenvalue weighted by atomic mass is 79.9. The molecule has 23 heavy (non-hydrogen) atoms. The van der Waals surface area contributed by atoms with Gasteiger partial charge in [0.1, 0.15) is 15.8 Å². The molecule has 0 fully saturated rings. The molecule has 3 rings (SSSR count). The molecule has 0 unspecified atom stereocenters. The number of benzene rings is 2. The lowest BCUT2D eigenvalue weighted by molar-refractivity contribution is 0.309. The van der Waals surface area contributed by atoms with Crippen LogP contribution >= 0.6 is 27.3 Å². The Morgan fingerprint density at radius 2 is 1.74 bits per heavy atom. The second kappa shape index (κ2) is 7.70. The maximum absolute atomic E-state index is 5.69. The summed E-state index contributed by atoms with van der Waals surface area (Å²) in [5, 5.41) is 10.5. The third-order valence-electron chi connectivity index (χ3n) is 3.40.